The van der Waals surface area contributed by atoms with E-state index in [-0.39, 0.29) is 23.9 Å². The number of carbonyl (C=O) groups excluding carboxylic acids is 1. The number of nitrogens with one attached hydrogen (secondary N) is 1. The number of hydrogen-bond donors (Lipinski definition) is 2. The number of amides is 1. The molecule has 2 aromatic carbocycles. The van der Waals surface area contributed by atoms with E-state index in [9.17, 15) is 14.7 Å². The minimum absolute atomic E-state index is 0.0297. The van der Waals surface area contributed by atoms with Crippen molar-refractivity contribution in [2.45, 2.75) is 52.0 Å². The summed E-state index contributed by atoms with van der Waals surface area (Å²) < 4.78 is 0. The number of rotatable bonds is 8. The van der Waals surface area contributed by atoms with Crippen LogP contribution in [0.15, 0.2) is 48.5 Å². The molecule has 0 aliphatic carbocycles. The number of carbonyl (C=O) groups is 2. The summed E-state index contributed by atoms with van der Waals surface area (Å²) in [7, 11) is 0. The fourth-order valence-corrected chi connectivity index (χ4v) is 2.99. The molecule has 1 unspecified atom stereocenters. The van der Waals surface area contributed by atoms with Crippen LogP contribution in [0.1, 0.15) is 60.2 Å². The number of aryl methyl sites for hydroxylation is 1. The van der Waals surface area contributed by atoms with Crippen LogP contribution in [0.3, 0.4) is 0 Å². The van der Waals surface area contributed by atoms with Gasteiger partial charge < -0.3 is 10.4 Å². The SMILES string of the molecule is CC(Cc1ccc(C(C)C)cc1)NC(=O)CCc1ccccc1C(=O)O. The van der Waals surface area contributed by atoms with E-state index in [2.05, 4.69) is 43.4 Å². The zero-order chi connectivity index (χ0) is 19.1. The molecule has 2 aromatic rings. The van der Waals surface area contributed by atoms with Crippen LogP contribution in [0.5, 0.6) is 0 Å². The predicted octanol–water partition coefficient (Wildman–Crippen LogP) is 4.19. The maximum absolute atomic E-state index is 12.2. The fraction of sp³-hybridized carbons (Fsp3) is 0.364. The molecule has 0 aliphatic rings. The van der Waals surface area contributed by atoms with Crippen molar-refractivity contribution < 1.29 is 14.7 Å². The molecule has 4 nitrogen and oxygen atoms in total. The van der Waals surface area contributed by atoms with Crippen molar-refractivity contribution in [3.63, 3.8) is 0 Å². The minimum atomic E-state index is -0.959. The molecule has 0 aromatic heterocycles. The summed E-state index contributed by atoms with van der Waals surface area (Å²) in [6.45, 7) is 6.32. The molecule has 2 N–H and O–H groups in total. The molecule has 1 atom stereocenters. The Morgan fingerprint density at radius 1 is 1.00 bits per heavy atom. The van der Waals surface area contributed by atoms with Crippen LogP contribution in [0, 0.1) is 0 Å². The number of carboxylic acids is 1. The number of aromatic carboxylic acids is 1. The quantitative estimate of drug-likeness (QED) is 0.748. The molecule has 26 heavy (non-hydrogen) atoms. The average molecular weight is 353 g/mol. The average Bonchev–Trinajstić information content (AvgIpc) is 2.60. The molecular weight excluding hydrogens is 326 g/mol. The van der Waals surface area contributed by atoms with Gasteiger partial charge in [-0.2, -0.15) is 0 Å². The van der Waals surface area contributed by atoms with Gasteiger partial charge in [0.05, 0.1) is 5.56 Å². The lowest BCUT2D eigenvalue weighted by Gasteiger charge is -2.15. The van der Waals surface area contributed by atoms with Gasteiger partial charge in [-0.3, -0.25) is 4.79 Å². The van der Waals surface area contributed by atoms with Crippen molar-refractivity contribution in [1.29, 1.82) is 0 Å². The summed E-state index contributed by atoms with van der Waals surface area (Å²) >= 11 is 0. The third kappa shape index (κ3) is 5.73. The molecular formula is C22H27NO3. The van der Waals surface area contributed by atoms with Crippen molar-refractivity contribution in [2.75, 3.05) is 0 Å². The summed E-state index contributed by atoms with van der Waals surface area (Å²) in [5.41, 5.74) is 3.45. The highest BCUT2D eigenvalue weighted by atomic mass is 16.4. The fourth-order valence-electron chi connectivity index (χ4n) is 2.99. The number of carboxylic acid groups (broad SMARTS) is 1. The highest BCUT2D eigenvalue weighted by molar-refractivity contribution is 5.89. The van der Waals surface area contributed by atoms with E-state index in [0.717, 1.165) is 6.42 Å². The summed E-state index contributed by atoms with van der Waals surface area (Å²) in [4.78, 5) is 23.4. The van der Waals surface area contributed by atoms with Crippen LogP contribution in [-0.2, 0) is 17.6 Å². The first kappa shape index (κ1) is 19.7. The maximum atomic E-state index is 12.2. The Labute approximate surface area is 155 Å². The van der Waals surface area contributed by atoms with Crippen molar-refractivity contribution in [3.05, 3.63) is 70.8 Å². The Hall–Kier alpha value is -2.62. The van der Waals surface area contributed by atoms with Crippen LogP contribution in [0.4, 0.5) is 0 Å². The first-order valence-corrected chi connectivity index (χ1v) is 9.06. The highest BCUT2D eigenvalue weighted by Gasteiger charge is 2.12. The predicted molar refractivity (Wildman–Crippen MR) is 104 cm³/mol. The van der Waals surface area contributed by atoms with Crippen molar-refractivity contribution in [3.8, 4) is 0 Å². The third-order valence-corrected chi connectivity index (χ3v) is 4.46. The van der Waals surface area contributed by atoms with E-state index in [4.69, 9.17) is 0 Å². The summed E-state index contributed by atoms with van der Waals surface area (Å²) in [6.07, 6.45) is 1.47. The lowest BCUT2D eigenvalue weighted by Crippen LogP contribution is -2.34. The standard InChI is InChI=1S/C22H27NO3/c1-15(2)18-10-8-17(9-11-18)14-16(3)23-21(24)13-12-19-6-4-5-7-20(19)22(25)26/h4-11,15-16H,12-14H2,1-3H3,(H,23,24)(H,25,26). The van der Waals surface area contributed by atoms with Gasteiger partial charge in [-0.1, -0.05) is 56.3 Å². The first-order valence-electron chi connectivity index (χ1n) is 9.06. The van der Waals surface area contributed by atoms with Gasteiger partial charge in [0.1, 0.15) is 0 Å². The maximum Gasteiger partial charge on any atom is 0.335 e. The summed E-state index contributed by atoms with van der Waals surface area (Å²) in [5.74, 6) is -0.509. The van der Waals surface area contributed by atoms with E-state index < -0.39 is 5.97 Å². The molecule has 0 spiro atoms. The van der Waals surface area contributed by atoms with E-state index >= 15 is 0 Å². The second-order valence-corrected chi connectivity index (χ2v) is 7.03. The topological polar surface area (TPSA) is 66.4 Å². The second-order valence-electron chi connectivity index (χ2n) is 7.03. The van der Waals surface area contributed by atoms with Gasteiger partial charge >= 0.3 is 5.97 Å². The summed E-state index contributed by atoms with van der Waals surface area (Å²) in [6, 6.07) is 15.3. The van der Waals surface area contributed by atoms with E-state index in [0.29, 0.717) is 17.9 Å². The Balaban J connectivity index is 1.85. The first-order chi connectivity index (χ1) is 12.4. The molecule has 0 radical (unpaired) electrons. The Morgan fingerprint density at radius 2 is 1.65 bits per heavy atom. The van der Waals surface area contributed by atoms with E-state index in [1.807, 2.05) is 6.92 Å². The molecule has 0 heterocycles. The second kappa shape index (κ2) is 9.18. The van der Waals surface area contributed by atoms with Crippen molar-refractivity contribution in [2.24, 2.45) is 0 Å². The molecule has 0 bridgehead atoms. The van der Waals surface area contributed by atoms with Gasteiger partial charge in [0.15, 0.2) is 0 Å². The van der Waals surface area contributed by atoms with Gasteiger partial charge in [-0.15, -0.1) is 0 Å². The molecule has 138 valence electrons. The van der Waals surface area contributed by atoms with Gasteiger partial charge in [-0.05, 0) is 48.4 Å². The summed E-state index contributed by atoms with van der Waals surface area (Å²) in [5, 5.41) is 12.2. The van der Waals surface area contributed by atoms with Gasteiger partial charge in [0, 0.05) is 12.5 Å². The smallest absolute Gasteiger partial charge is 0.335 e. The number of benzene rings is 2. The zero-order valence-electron chi connectivity index (χ0n) is 15.7. The van der Waals surface area contributed by atoms with Crippen LogP contribution >= 0.6 is 0 Å². The lowest BCUT2D eigenvalue weighted by atomic mass is 9.99. The van der Waals surface area contributed by atoms with E-state index in [1.54, 1.807) is 24.3 Å². The van der Waals surface area contributed by atoms with Crippen LogP contribution in [-0.4, -0.2) is 23.0 Å². The minimum Gasteiger partial charge on any atom is -0.478 e. The van der Waals surface area contributed by atoms with Crippen LogP contribution < -0.4 is 5.32 Å². The van der Waals surface area contributed by atoms with Crippen molar-refractivity contribution in [1.82, 2.24) is 5.32 Å². The largest absolute Gasteiger partial charge is 0.478 e. The monoisotopic (exact) mass is 353 g/mol. The molecule has 0 saturated heterocycles. The number of hydrogen-bond acceptors (Lipinski definition) is 2. The highest BCUT2D eigenvalue weighted by Crippen LogP contribution is 2.16. The van der Waals surface area contributed by atoms with Gasteiger partial charge in [0.2, 0.25) is 5.91 Å². The van der Waals surface area contributed by atoms with E-state index in [1.165, 1.54) is 11.1 Å². The third-order valence-electron chi connectivity index (χ3n) is 4.46. The lowest BCUT2D eigenvalue weighted by molar-refractivity contribution is -0.121. The molecule has 0 fully saturated rings. The molecule has 2 rings (SSSR count). The van der Waals surface area contributed by atoms with Crippen LogP contribution in [0.2, 0.25) is 0 Å². The van der Waals surface area contributed by atoms with Crippen molar-refractivity contribution >= 4 is 11.9 Å². The molecule has 4 heteroatoms. The molecule has 0 saturated carbocycles. The van der Waals surface area contributed by atoms with Gasteiger partial charge in [-0.25, -0.2) is 4.79 Å². The molecule has 1 amide bonds. The normalized spacial score (nSPS) is 12.0. The molecule has 0 aliphatic heterocycles. The van der Waals surface area contributed by atoms with Crippen LogP contribution in [0.25, 0.3) is 0 Å². The van der Waals surface area contributed by atoms with Gasteiger partial charge in [0.25, 0.3) is 0 Å². The zero-order valence-corrected chi connectivity index (χ0v) is 15.7. The Kier molecular flexibility index (Phi) is 6.96. The Morgan fingerprint density at radius 3 is 2.27 bits per heavy atom. The Bertz CT molecular complexity index is 750.